The van der Waals surface area contributed by atoms with Crippen LogP contribution in [0.4, 0.5) is 13.2 Å². The van der Waals surface area contributed by atoms with Gasteiger partial charge in [-0.3, -0.25) is 4.90 Å². The number of carboxylic acid groups (broad SMARTS) is 1. The van der Waals surface area contributed by atoms with E-state index in [1.54, 1.807) is 11.0 Å². The van der Waals surface area contributed by atoms with Gasteiger partial charge in [-0.25, -0.2) is 18.0 Å². The van der Waals surface area contributed by atoms with Crippen LogP contribution in [0.3, 0.4) is 0 Å². The molecule has 5 nitrogen and oxygen atoms in total. The lowest BCUT2D eigenvalue weighted by Gasteiger charge is -2.44. The molecule has 2 atom stereocenters. The summed E-state index contributed by atoms with van der Waals surface area (Å²) in [7, 11) is 0. The van der Waals surface area contributed by atoms with Crippen molar-refractivity contribution in [2.75, 3.05) is 19.8 Å². The number of aliphatic carboxylic acids is 1. The first-order chi connectivity index (χ1) is 17.0. The number of benzene rings is 2. The third-order valence-electron chi connectivity index (χ3n) is 6.64. The summed E-state index contributed by atoms with van der Waals surface area (Å²) in [5.41, 5.74) is -0.0786. The molecule has 2 aliphatic rings. The molecule has 0 amide bonds. The second kappa shape index (κ2) is 10.6. The number of hydrogen-bond donors (Lipinski definition) is 1. The van der Waals surface area contributed by atoms with E-state index in [4.69, 9.17) is 14.6 Å². The molecule has 2 aromatic rings. The molecule has 1 fully saturated rings. The third-order valence-corrected chi connectivity index (χ3v) is 6.64. The Balaban J connectivity index is 1.76. The van der Waals surface area contributed by atoms with Crippen LogP contribution in [-0.2, 0) is 16.0 Å². The van der Waals surface area contributed by atoms with E-state index < -0.39 is 29.3 Å². The summed E-state index contributed by atoms with van der Waals surface area (Å²) in [5.74, 6) is -2.14. The van der Waals surface area contributed by atoms with Crippen molar-refractivity contribution in [2.45, 2.75) is 63.9 Å². The van der Waals surface area contributed by atoms with Crippen molar-refractivity contribution in [1.82, 2.24) is 4.90 Å². The first kappa shape index (κ1) is 26.2. The minimum absolute atomic E-state index is 0.0157. The molecule has 0 unspecified atom stereocenters. The van der Waals surface area contributed by atoms with E-state index >= 15 is 8.78 Å². The summed E-state index contributed by atoms with van der Waals surface area (Å²) < 4.78 is 57.3. The van der Waals surface area contributed by atoms with Crippen LogP contribution in [0.15, 0.2) is 36.4 Å². The lowest BCUT2D eigenvalue weighted by atomic mass is 9.83. The number of rotatable bonds is 7. The molecule has 1 N–H and O–H groups in total. The molecule has 36 heavy (non-hydrogen) atoms. The van der Waals surface area contributed by atoms with Gasteiger partial charge in [-0.2, -0.15) is 0 Å². The van der Waals surface area contributed by atoms with E-state index in [1.165, 1.54) is 13.8 Å². The van der Waals surface area contributed by atoms with Gasteiger partial charge in [-0.15, -0.1) is 0 Å². The molecular formula is C28H32F3NO4. The monoisotopic (exact) mass is 503 g/mol. The van der Waals surface area contributed by atoms with Crippen LogP contribution in [0.2, 0.25) is 0 Å². The lowest BCUT2D eigenvalue weighted by Crippen LogP contribution is -2.48. The molecule has 1 saturated heterocycles. The maximum atomic E-state index is 15.5. The minimum atomic E-state index is -1.59. The van der Waals surface area contributed by atoms with Crippen LogP contribution in [0.5, 0.6) is 5.75 Å². The number of halogens is 3. The van der Waals surface area contributed by atoms with Crippen molar-refractivity contribution >= 4 is 12.0 Å². The van der Waals surface area contributed by atoms with Gasteiger partial charge in [0, 0.05) is 37.1 Å². The summed E-state index contributed by atoms with van der Waals surface area (Å²) in [6.07, 6.45) is 4.19. The number of hydrogen-bond acceptors (Lipinski definition) is 4. The van der Waals surface area contributed by atoms with Gasteiger partial charge < -0.3 is 14.6 Å². The number of fused-ring (bicyclic) bond motifs is 1. The van der Waals surface area contributed by atoms with Crippen LogP contribution < -0.4 is 4.74 Å². The van der Waals surface area contributed by atoms with Crippen molar-refractivity contribution in [1.29, 1.82) is 0 Å². The first-order valence-electron chi connectivity index (χ1n) is 12.2. The number of nitrogens with zero attached hydrogens (tertiary/aromatic N) is 1. The van der Waals surface area contributed by atoms with Gasteiger partial charge in [0.05, 0.1) is 19.3 Å². The van der Waals surface area contributed by atoms with Gasteiger partial charge in [0.15, 0.2) is 0 Å². The number of carboxylic acids is 1. The van der Waals surface area contributed by atoms with Gasteiger partial charge in [0.25, 0.3) is 0 Å². The fraction of sp³-hybridized carbons (Fsp3) is 0.464. The van der Waals surface area contributed by atoms with E-state index in [-0.39, 0.29) is 29.8 Å². The zero-order valence-electron chi connectivity index (χ0n) is 20.8. The van der Waals surface area contributed by atoms with Gasteiger partial charge in [0.1, 0.15) is 29.2 Å². The van der Waals surface area contributed by atoms with E-state index in [0.717, 1.165) is 42.7 Å². The molecule has 0 bridgehead atoms. The van der Waals surface area contributed by atoms with Crippen LogP contribution in [0, 0.1) is 11.6 Å². The number of ether oxygens (including phenoxy) is 2. The van der Waals surface area contributed by atoms with E-state index in [9.17, 15) is 9.18 Å². The molecule has 8 heteroatoms. The largest absolute Gasteiger partial charge is 0.490 e. The van der Waals surface area contributed by atoms with Crippen LogP contribution >= 0.6 is 0 Å². The maximum Gasteiger partial charge on any atom is 0.328 e. The number of alkyl halides is 1. The highest BCUT2D eigenvalue weighted by molar-refractivity contribution is 5.85. The smallest absolute Gasteiger partial charge is 0.328 e. The highest BCUT2D eigenvalue weighted by Crippen LogP contribution is 2.42. The van der Waals surface area contributed by atoms with Crippen molar-refractivity contribution in [3.05, 3.63) is 70.3 Å². The summed E-state index contributed by atoms with van der Waals surface area (Å²) in [5, 5.41) is 8.85. The van der Waals surface area contributed by atoms with E-state index in [0.29, 0.717) is 30.9 Å². The molecule has 194 valence electrons. The zero-order valence-corrected chi connectivity index (χ0v) is 20.8. The number of carbonyl (C=O) groups is 1. The third kappa shape index (κ3) is 6.10. The highest BCUT2D eigenvalue weighted by Gasteiger charge is 2.39. The molecular weight excluding hydrogens is 471 g/mol. The summed E-state index contributed by atoms with van der Waals surface area (Å²) >= 11 is 0. The van der Waals surface area contributed by atoms with Gasteiger partial charge >= 0.3 is 5.97 Å². The molecule has 0 aliphatic carbocycles. The minimum Gasteiger partial charge on any atom is -0.490 e. The summed E-state index contributed by atoms with van der Waals surface area (Å²) in [6, 6.07) is 6.71. The Morgan fingerprint density at radius 3 is 2.47 bits per heavy atom. The van der Waals surface area contributed by atoms with E-state index in [2.05, 4.69) is 0 Å². The van der Waals surface area contributed by atoms with Crippen molar-refractivity contribution in [3.63, 3.8) is 0 Å². The van der Waals surface area contributed by atoms with Gasteiger partial charge in [-0.05, 0) is 74.2 Å². The molecule has 2 aliphatic heterocycles. The molecule has 0 radical (unpaired) electrons. The SMILES string of the molecule is C[C@H]1Cc2cc(OC3CCOCC3)ccc2[C@H](c2c(F)cc(/C=C/C(=O)O)cc2F)N1CC(C)(C)F. The van der Waals surface area contributed by atoms with Crippen LogP contribution in [0.25, 0.3) is 6.08 Å². The second-order valence-electron chi connectivity index (χ2n) is 10.2. The predicted molar refractivity (Wildman–Crippen MR) is 131 cm³/mol. The standard InChI is InChI=1S/C28H32F3NO4/c1-17-12-19-15-21(36-20-8-10-35-11-9-20)5-6-22(19)27(32(17)16-28(2,3)31)26-23(29)13-18(14-24(26)30)4-7-25(33)34/h4-7,13-15,17,20,27H,8-12,16H2,1-3H3,(H,33,34)/b7-4+/t17-,27+/m0/s1. The predicted octanol–water partition coefficient (Wildman–Crippen LogP) is 5.70. The topological polar surface area (TPSA) is 59.0 Å². The second-order valence-corrected chi connectivity index (χ2v) is 10.2. The molecule has 2 heterocycles. The highest BCUT2D eigenvalue weighted by atomic mass is 19.1. The van der Waals surface area contributed by atoms with Gasteiger partial charge in [0.2, 0.25) is 0 Å². The van der Waals surface area contributed by atoms with Crippen LogP contribution in [-0.4, -0.2) is 53.5 Å². The summed E-state index contributed by atoms with van der Waals surface area (Å²) in [4.78, 5) is 12.6. The fourth-order valence-electron chi connectivity index (χ4n) is 5.09. The zero-order chi connectivity index (χ0) is 26.0. The average molecular weight is 504 g/mol. The Hall–Kier alpha value is -2.84. The molecule has 2 aromatic carbocycles. The normalized spacial score (nSPS) is 21.5. The van der Waals surface area contributed by atoms with Crippen LogP contribution in [0.1, 0.15) is 61.9 Å². The first-order valence-corrected chi connectivity index (χ1v) is 12.2. The van der Waals surface area contributed by atoms with Crippen molar-refractivity contribution in [2.24, 2.45) is 0 Å². The fourth-order valence-corrected chi connectivity index (χ4v) is 5.09. The molecule has 4 rings (SSSR count). The molecule has 0 spiro atoms. The van der Waals surface area contributed by atoms with Crippen molar-refractivity contribution < 1.29 is 32.5 Å². The van der Waals surface area contributed by atoms with E-state index in [1.807, 2.05) is 19.1 Å². The quantitative estimate of drug-likeness (QED) is 0.491. The van der Waals surface area contributed by atoms with Gasteiger partial charge in [-0.1, -0.05) is 6.07 Å². The Kier molecular flexibility index (Phi) is 7.76. The molecule has 0 aromatic heterocycles. The van der Waals surface area contributed by atoms with Crippen molar-refractivity contribution in [3.8, 4) is 5.75 Å². The lowest BCUT2D eigenvalue weighted by molar-refractivity contribution is -0.131. The Morgan fingerprint density at radius 1 is 1.19 bits per heavy atom. The maximum absolute atomic E-state index is 15.5. The Bertz CT molecular complexity index is 1120. The Labute approximate surface area is 209 Å². The summed E-state index contributed by atoms with van der Waals surface area (Å²) in [6.45, 7) is 6.11. The Morgan fingerprint density at radius 2 is 1.86 bits per heavy atom. The average Bonchev–Trinajstić information content (AvgIpc) is 2.79. The molecule has 0 saturated carbocycles.